The Hall–Kier alpha value is -1.47. The van der Waals surface area contributed by atoms with E-state index in [9.17, 15) is 10.1 Å². The molecule has 0 bridgehead atoms. The summed E-state index contributed by atoms with van der Waals surface area (Å²) in [7, 11) is 0. The van der Waals surface area contributed by atoms with Crippen LogP contribution in [0.1, 0.15) is 44.1 Å². The van der Waals surface area contributed by atoms with E-state index in [1.807, 2.05) is 12.1 Å². The molecule has 0 spiro atoms. The van der Waals surface area contributed by atoms with Gasteiger partial charge in [0.1, 0.15) is 5.54 Å². The number of carbonyl (C=O) groups excluding carboxylic acids is 1. The van der Waals surface area contributed by atoms with Crippen LogP contribution in [0.3, 0.4) is 0 Å². The van der Waals surface area contributed by atoms with Crippen molar-refractivity contribution < 1.29 is 4.79 Å². The zero-order valence-corrected chi connectivity index (χ0v) is 12.9. The number of hydrogen-bond acceptors (Lipinski definition) is 3. The SMILES string of the molecule is N#CC1(NC(=O)C2Cc3ccccc3S2)CCCCCC1. The lowest BCUT2D eigenvalue weighted by Gasteiger charge is -2.27. The quantitative estimate of drug-likeness (QED) is 0.851. The number of rotatable bonds is 2. The largest absolute Gasteiger partial charge is 0.337 e. The van der Waals surface area contributed by atoms with Crippen LogP contribution in [0.2, 0.25) is 0 Å². The highest BCUT2D eigenvalue weighted by Crippen LogP contribution is 2.37. The third kappa shape index (κ3) is 3.08. The summed E-state index contributed by atoms with van der Waals surface area (Å²) in [6, 6.07) is 10.6. The number of benzene rings is 1. The Morgan fingerprint density at radius 2 is 1.95 bits per heavy atom. The summed E-state index contributed by atoms with van der Waals surface area (Å²) in [5.74, 6) is 0.0275. The van der Waals surface area contributed by atoms with Crippen LogP contribution in [-0.4, -0.2) is 16.7 Å². The Kier molecular flexibility index (Phi) is 4.21. The van der Waals surface area contributed by atoms with E-state index in [1.165, 1.54) is 23.3 Å². The summed E-state index contributed by atoms with van der Waals surface area (Å²) in [5, 5.41) is 12.6. The predicted octanol–water partition coefficient (Wildman–Crippen LogP) is 3.44. The molecule has 110 valence electrons. The van der Waals surface area contributed by atoms with Gasteiger partial charge in [0.2, 0.25) is 5.91 Å². The van der Waals surface area contributed by atoms with E-state index < -0.39 is 5.54 Å². The summed E-state index contributed by atoms with van der Waals surface area (Å²) in [5.41, 5.74) is 0.609. The van der Waals surface area contributed by atoms with Crippen LogP contribution in [0.4, 0.5) is 0 Å². The number of fused-ring (bicyclic) bond motifs is 1. The fraction of sp³-hybridized carbons (Fsp3) is 0.529. The minimum absolute atomic E-state index is 0.0275. The molecule has 1 N–H and O–H groups in total. The molecule has 1 saturated carbocycles. The zero-order valence-electron chi connectivity index (χ0n) is 12.1. The molecule has 1 heterocycles. The van der Waals surface area contributed by atoms with E-state index in [0.717, 1.165) is 32.1 Å². The topological polar surface area (TPSA) is 52.9 Å². The molecular weight excluding hydrogens is 280 g/mol. The monoisotopic (exact) mass is 300 g/mol. The smallest absolute Gasteiger partial charge is 0.235 e. The average Bonchev–Trinajstić information content (AvgIpc) is 2.81. The summed E-state index contributed by atoms with van der Waals surface area (Å²) in [4.78, 5) is 13.8. The molecule has 1 aliphatic heterocycles. The van der Waals surface area contributed by atoms with E-state index in [4.69, 9.17) is 0 Å². The van der Waals surface area contributed by atoms with Gasteiger partial charge in [0.05, 0.1) is 11.3 Å². The van der Waals surface area contributed by atoms with Crippen molar-refractivity contribution in [1.29, 1.82) is 5.26 Å². The lowest BCUT2D eigenvalue weighted by molar-refractivity contribution is -0.122. The maximum absolute atomic E-state index is 12.6. The average molecular weight is 300 g/mol. The Morgan fingerprint density at radius 1 is 1.24 bits per heavy atom. The molecule has 0 radical (unpaired) electrons. The van der Waals surface area contributed by atoms with Crippen LogP contribution in [0.5, 0.6) is 0 Å². The third-order valence-electron chi connectivity index (χ3n) is 4.47. The van der Waals surface area contributed by atoms with Crippen molar-refractivity contribution in [3.63, 3.8) is 0 Å². The van der Waals surface area contributed by atoms with E-state index >= 15 is 0 Å². The highest BCUT2D eigenvalue weighted by molar-refractivity contribution is 8.01. The van der Waals surface area contributed by atoms with Crippen molar-refractivity contribution in [1.82, 2.24) is 5.32 Å². The second-order valence-electron chi connectivity index (χ2n) is 6.02. The van der Waals surface area contributed by atoms with Crippen molar-refractivity contribution in [3.05, 3.63) is 29.8 Å². The van der Waals surface area contributed by atoms with Gasteiger partial charge < -0.3 is 5.32 Å². The summed E-state index contributed by atoms with van der Waals surface area (Å²) < 4.78 is 0. The van der Waals surface area contributed by atoms with E-state index in [2.05, 4.69) is 23.5 Å². The van der Waals surface area contributed by atoms with Gasteiger partial charge in [0, 0.05) is 4.90 Å². The fourth-order valence-corrected chi connectivity index (χ4v) is 4.44. The van der Waals surface area contributed by atoms with Gasteiger partial charge in [-0.2, -0.15) is 5.26 Å². The van der Waals surface area contributed by atoms with Crippen molar-refractivity contribution in [2.45, 2.75) is 60.6 Å². The van der Waals surface area contributed by atoms with E-state index in [1.54, 1.807) is 11.8 Å². The third-order valence-corrected chi connectivity index (χ3v) is 5.79. The molecule has 1 aromatic rings. The summed E-state index contributed by atoms with van der Waals surface area (Å²) in [6.07, 6.45) is 6.76. The second kappa shape index (κ2) is 6.11. The first kappa shape index (κ1) is 14.5. The first-order valence-electron chi connectivity index (χ1n) is 7.70. The van der Waals surface area contributed by atoms with Crippen LogP contribution in [-0.2, 0) is 11.2 Å². The first-order valence-corrected chi connectivity index (χ1v) is 8.58. The van der Waals surface area contributed by atoms with Gasteiger partial charge >= 0.3 is 0 Å². The molecule has 0 aromatic heterocycles. The van der Waals surface area contributed by atoms with Crippen LogP contribution >= 0.6 is 11.8 Å². The van der Waals surface area contributed by atoms with Gasteiger partial charge in [-0.25, -0.2) is 0 Å². The molecule has 1 amide bonds. The lowest BCUT2D eigenvalue weighted by atomic mass is 9.91. The molecular formula is C17H20N2OS. The highest BCUT2D eigenvalue weighted by Gasteiger charge is 2.36. The standard InChI is InChI=1S/C17H20N2OS/c18-12-17(9-5-1-2-6-10-17)19-16(20)15-11-13-7-3-4-8-14(13)21-15/h3-4,7-8,15H,1-2,5-6,9-11H2,(H,19,20). The maximum Gasteiger partial charge on any atom is 0.235 e. The Bertz CT molecular complexity index is 545. The molecule has 1 aromatic carbocycles. The molecule has 3 rings (SSSR count). The molecule has 3 nitrogen and oxygen atoms in total. The van der Waals surface area contributed by atoms with Crippen molar-refractivity contribution in [3.8, 4) is 6.07 Å². The second-order valence-corrected chi connectivity index (χ2v) is 7.26. The molecule has 1 unspecified atom stereocenters. The number of amides is 1. The lowest BCUT2D eigenvalue weighted by Crippen LogP contribution is -2.50. The molecule has 2 aliphatic rings. The van der Waals surface area contributed by atoms with Crippen molar-refractivity contribution in [2.75, 3.05) is 0 Å². The Balaban J connectivity index is 1.68. The molecule has 0 saturated heterocycles. The van der Waals surface area contributed by atoms with Gasteiger partial charge in [0.15, 0.2) is 0 Å². The molecule has 1 fully saturated rings. The van der Waals surface area contributed by atoms with Crippen LogP contribution in [0.25, 0.3) is 0 Å². The number of hydrogen-bond donors (Lipinski definition) is 1. The van der Waals surface area contributed by atoms with Gasteiger partial charge in [-0.05, 0) is 30.9 Å². The number of nitrogens with zero attached hydrogens (tertiary/aromatic N) is 1. The summed E-state index contributed by atoms with van der Waals surface area (Å²) >= 11 is 1.63. The normalized spacial score (nSPS) is 23.7. The van der Waals surface area contributed by atoms with E-state index in [0.29, 0.717) is 0 Å². The van der Waals surface area contributed by atoms with Crippen LogP contribution in [0, 0.1) is 11.3 Å². The van der Waals surface area contributed by atoms with Gasteiger partial charge in [-0.3, -0.25) is 4.79 Å². The summed E-state index contributed by atoms with van der Waals surface area (Å²) in [6.45, 7) is 0. The minimum Gasteiger partial charge on any atom is -0.337 e. The highest BCUT2D eigenvalue weighted by atomic mass is 32.2. The maximum atomic E-state index is 12.6. The molecule has 1 aliphatic carbocycles. The number of nitrogens with one attached hydrogen (secondary N) is 1. The Labute approximate surface area is 130 Å². The number of thioether (sulfide) groups is 1. The first-order chi connectivity index (χ1) is 10.2. The van der Waals surface area contributed by atoms with Gasteiger partial charge in [0.25, 0.3) is 0 Å². The van der Waals surface area contributed by atoms with Crippen LogP contribution in [0.15, 0.2) is 29.2 Å². The molecule has 1 atom stereocenters. The minimum atomic E-state index is -0.636. The van der Waals surface area contributed by atoms with Crippen molar-refractivity contribution >= 4 is 17.7 Å². The van der Waals surface area contributed by atoms with E-state index in [-0.39, 0.29) is 11.2 Å². The van der Waals surface area contributed by atoms with Gasteiger partial charge in [-0.1, -0.05) is 43.9 Å². The zero-order chi connectivity index (χ0) is 14.7. The predicted molar refractivity (Wildman–Crippen MR) is 84.0 cm³/mol. The fourth-order valence-electron chi connectivity index (χ4n) is 3.24. The number of carbonyl (C=O) groups is 1. The Morgan fingerprint density at radius 3 is 2.62 bits per heavy atom. The number of nitriles is 1. The van der Waals surface area contributed by atoms with Crippen LogP contribution < -0.4 is 5.32 Å². The van der Waals surface area contributed by atoms with Gasteiger partial charge in [-0.15, -0.1) is 11.8 Å². The molecule has 4 heteroatoms. The molecule has 21 heavy (non-hydrogen) atoms. The van der Waals surface area contributed by atoms with Crippen molar-refractivity contribution in [2.24, 2.45) is 0 Å².